The molecule has 0 spiro atoms. The van der Waals surface area contributed by atoms with Crippen molar-refractivity contribution in [1.29, 1.82) is 0 Å². The third kappa shape index (κ3) is 6.56. The maximum Gasteiger partial charge on any atom is 0.459 e. The number of halogens is 2. The van der Waals surface area contributed by atoms with Crippen LogP contribution in [0.4, 0.5) is 14.6 Å². The molecular formula is C23H31F2N4O8P. The van der Waals surface area contributed by atoms with Crippen LogP contribution in [-0.4, -0.2) is 56.8 Å². The number of benzene rings is 1. The van der Waals surface area contributed by atoms with E-state index >= 15 is 4.39 Å². The number of carbonyl (C=O) groups is 1. The highest BCUT2D eigenvalue weighted by molar-refractivity contribution is 7.52. The largest absolute Gasteiger partial charge is 0.462 e. The number of nitrogens with one attached hydrogen (secondary N) is 1. The fraction of sp³-hybridized carbons (Fsp3) is 0.522. The van der Waals surface area contributed by atoms with Gasteiger partial charge < -0.3 is 24.8 Å². The Hall–Kier alpha value is -2.90. The Bertz CT molecular complexity index is 1250. The molecular weight excluding hydrogens is 529 g/mol. The summed E-state index contributed by atoms with van der Waals surface area (Å²) in [6.45, 7) is 6.92. The minimum Gasteiger partial charge on any atom is -0.462 e. The van der Waals surface area contributed by atoms with Crippen molar-refractivity contribution in [1.82, 2.24) is 14.6 Å². The fourth-order valence-corrected chi connectivity index (χ4v) is 5.45. The lowest BCUT2D eigenvalue weighted by Crippen LogP contribution is -2.45. The molecule has 2 aromatic rings. The lowest BCUT2D eigenvalue weighted by Gasteiger charge is -2.29. The monoisotopic (exact) mass is 560 g/mol. The van der Waals surface area contributed by atoms with Crippen LogP contribution in [0.2, 0.25) is 0 Å². The zero-order valence-corrected chi connectivity index (χ0v) is 22.3. The number of ether oxygens (including phenoxy) is 2. The van der Waals surface area contributed by atoms with Gasteiger partial charge in [0.2, 0.25) is 0 Å². The van der Waals surface area contributed by atoms with Gasteiger partial charge in [-0.3, -0.25) is 13.9 Å². The summed E-state index contributed by atoms with van der Waals surface area (Å²) in [6, 6.07) is 6.74. The predicted octanol–water partition coefficient (Wildman–Crippen LogP) is 2.47. The molecule has 7 atom stereocenters. The van der Waals surface area contributed by atoms with Crippen LogP contribution in [0.1, 0.15) is 40.8 Å². The normalized spacial score (nSPS) is 26.5. The maximum absolute atomic E-state index is 15.6. The number of aliphatic hydroxyl groups is 1. The van der Waals surface area contributed by atoms with E-state index in [9.17, 15) is 23.7 Å². The second-order valence-corrected chi connectivity index (χ2v) is 10.9. The molecule has 0 radical (unpaired) electrons. The average molecular weight is 560 g/mol. The van der Waals surface area contributed by atoms with Gasteiger partial charge in [0.15, 0.2) is 23.5 Å². The first kappa shape index (κ1) is 29.7. The highest BCUT2D eigenvalue weighted by Gasteiger charge is 2.58. The standard InChI is InChI=1S/C23H31F2N4O8P/c1-12(2)34-20(31)13(3)28-38(33,37-15-9-7-6-8-10-15)36-14(4)17-18(30)23(5,25)21(35-17)29-11-16(24)19(26)27-22(29)32/h6-14,17-18,21,30H,1-5H3,(H,28,33)(H2,26,27,32)/t13-,14-,17+,18?,21+,23+,38+/m0/s1. The van der Waals surface area contributed by atoms with Crippen molar-refractivity contribution < 1.29 is 41.8 Å². The van der Waals surface area contributed by atoms with Gasteiger partial charge in [-0.2, -0.15) is 10.1 Å². The molecule has 4 N–H and O–H groups in total. The van der Waals surface area contributed by atoms with Crippen LogP contribution in [-0.2, 0) is 23.4 Å². The SMILES string of the molecule is CC(C)OC(=O)[C@H](C)N[P@](=O)(Oc1ccccc1)O[C@@H](C)[C@H]1O[C@@H](n2cc(F)c(N)nc2=O)[C@](C)(F)C1O. The molecule has 0 saturated carbocycles. The van der Waals surface area contributed by atoms with E-state index in [1.54, 1.807) is 32.0 Å². The Morgan fingerprint density at radius 2 is 1.92 bits per heavy atom. The number of nitrogens with two attached hydrogens (primary N) is 1. The lowest BCUT2D eigenvalue weighted by molar-refractivity contribution is -0.149. The van der Waals surface area contributed by atoms with E-state index in [2.05, 4.69) is 10.1 Å². The van der Waals surface area contributed by atoms with E-state index in [1.165, 1.54) is 26.0 Å². The Morgan fingerprint density at radius 1 is 1.29 bits per heavy atom. The molecule has 1 aliphatic rings. The number of nitrogen functional groups attached to an aromatic ring is 1. The van der Waals surface area contributed by atoms with Gasteiger partial charge in [0, 0.05) is 0 Å². The molecule has 1 fully saturated rings. The Labute approximate surface area is 217 Å². The molecule has 3 rings (SSSR count). The second-order valence-electron chi connectivity index (χ2n) is 9.26. The van der Waals surface area contributed by atoms with Crippen LogP contribution in [0, 0.1) is 5.82 Å². The number of para-hydroxylation sites is 1. The highest BCUT2D eigenvalue weighted by atomic mass is 31.2. The zero-order chi connectivity index (χ0) is 28.4. The quantitative estimate of drug-likeness (QED) is 0.289. The first-order valence-corrected chi connectivity index (χ1v) is 13.3. The minimum atomic E-state index is -4.41. The van der Waals surface area contributed by atoms with Gasteiger partial charge >= 0.3 is 19.4 Å². The molecule has 1 unspecified atom stereocenters. The van der Waals surface area contributed by atoms with Gasteiger partial charge in [-0.1, -0.05) is 18.2 Å². The van der Waals surface area contributed by atoms with Gasteiger partial charge in [-0.25, -0.2) is 18.1 Å². The van der Waals surface area contributed by atoms with Gasteiger partial charge in [0.25, 0.3) is 0 Å². The van der Waals surface area contributed by atoms with Crippen molar-refractivity contribution in [2.45, 2.75) is 77.0 Å². The minimum absolute atomic E-state index is 0.121. The van der Waals surface area contributed by atoms with Crippen molar-refractivity contribution >= 4 is 19.5 Å². The van der Waals surface area contributed by atoms with E-state index in [1.807, 2.05) is 0 Å². The van der Waals surface area contributed by atoms with Gasteiger partial charge in [0.1, 0.15) is 24.0 Å². The molecule has 0 amide bonds. The summed E-state index contributed by atoms with van der Waals surface area (Å²) in [5.41, 5.74) is 1.54. The number of carbonyl (C=O) groups excluding carboxylic acids is 1. The van der Waals surface area contributed by atoms with Gasteiger partial charge in [-0.15, -0.1) is 0 Å². The third-order valence-electron chi connectivity index (χ3n) is 5.64. The molecule has 1 aliphatic heterocycles. The number of anilines is 1. The molecule has 1 saturated heterocycles. The van der Waals surface area contributed by atoms with E-state index in [0.717, 1.165) is 6.92 Å². The Kier molecular flexibility index (Phi) is 8.94. The molecule has 0 bridgehead atoms. The van der Waals surface area contributed by atoms with Crippen LogP contribution in [0.3, 0.4) is 0 Å². The van der Waals surface area contributed by atoms with Crippen molar-refractivity contribution in [2.75, 3.05) is 5.73 Å². The molecule has 0 aliphatic carbocycles. The van der Waals surface area contributed by atoms with Crippen LogP contribution in [0.25, 0.3) is 0 Å². The lowest BCUT2D eigenvalue weighted by atomic mass is 9.96. The number of nitrogens with zero attached hydrogens (tertiary/aromatic N) is 2. The molecule has 12 nitrogen and oxygen atoms in total. The maximum atomic E-state index is 15.6. The third-order valence-corrected chi connectivity index (χ3v) is 7.40. The van der Waals surface area contributed by atoms with Crippen molar-refractivity contribution in [3.63, 3.8) is 0 Å². The van der Waals surface area contributed by atoms with Crippen molar-refractivity contribution in [3.8, 4) is 5.75 Å². The fourth-order valence-electron chi connectivity index (χ4n) is 3.76. The molecule has 210 valence electrons. The summed E-state index contributed by atoms with van der Waals surface area (Å²) in [5.74, 6) is -2.40. The summed E-state index contributed by atoms with van der Waals surface area (Å²) in [5, 5.41) is 13.2. The summed E-state index contributed by atoms with van der Waals surface area (Å²) < 4.78 is 65.9. The van der Waals surface area contributed by atoms with Gasteiger partial charge in [-0.05, 0) is 46.8 Å². The number of alkyl halides is 1. The van der Waals surface area contributed by atoms with Crippen molar-refractivity contribution in [2.24, 2.45) is 0 Å². The number of hydrogen-bond donors (Lipinski definition) is 3. The smallest absolute Gasteiger partial charge is 0.459 e. The molecule has 15 heteroatoms. The van der Waals surface area contributed by atoms with Gasteiger partial charge in [0.05, 0.1) is 18.4 Å². The highest BCUT2D eigenvalue weighted by Crippen LogP contribution is 2.49. The number of rotatable bonds is 10. The Balaban J connectivity index is 1.88. The summed E-state index contributed by atoms with van der Waals surface area (Å²) in [7, 11) is -4.41. The molecule has 1 aromatic heterocycles. The zero-order valence-electron chi connectivity index (χ0n) is 21.4. The van der Waals surface area contributed by atoms with Crippen molar-refractivity contribution in [3.05, 3.63) is 52.8 Å². The van der Waals surface area contributed by atoms with E-state index in [0.29, 0.717) is 10.8 Å². The molecule has 1 aromatic carbocycles. The number of esters is 1. The predicted molar refractivity (Wildman–Crippen MR) is 131 cm³/mol. The van der Waals surface area contributed by atoms with Crippen LogP contribution in [0.15, 0.2) is 41.3 Å². The number of hydrogen-bond acceptors (Lipinski definition) is 10. The van der Waals surface area contributed by atoms with Crippen LogP contribution < -0.4 is 21.0 Å². The Morgan fingerprint density at radius 3 is 2.53 bits per heavy atom. The van der Waals surface area contributed by atoms with E-state index in [4.69, 9.17) is 24.3 Å². The first-order chi connectivity index (χ1) is 17.6. The summed E-state index contributed by atoms with van der Waals surface area (Å²) >= 11 is 0. The first-order valence-electron chi connectivity index (χ1n) is 11.7. The summed E-state index contributed by atoms with van der Waals surface area (Å²) in [4.78, 5) is 27.9. The second kappa shape index (κ2) is 11.5. The number of aliphatic hydroxyl groups excluding tert-OH is 1. The number of aromatic nitrogens is 2. The average Bonchev–Trinajstić information content (AvgIpc) is 3.05. The molecule has 38 heavy (non-hydrogen) atoms. The molecule has 2 heterocycles. The van der Waals surface area contributed by atoms with Crippen LogP contribution in [0.5, 0.6) is 5.75 Å². The van der Waals surface area contributed by atoms with E-state index in [-0.39, 0.29) is 5.75 Å². The van der Waals surface area contributed by atoms with Crippen LogP contribution >= 0.6 is 7.75 Å². The topological polar surface area (TPSA) is 164 Å². The van der Waals surface area contributed by atoms with E-state index < -0.39 is 73.4 Å². The summed E-state index contributed by atoms with van der Waals surface area (Å²) in [6.07, 6.45) is -6.45.